The number of carbonyl (C=O) groups excluding carboxylic acids is 1. The van der Waals surface area contributed by atoms with Crippen LogP contribution in [-0.2, 0) is 0 Å². The summed E-state index contributed by atoms with van der Waals surface area (Å²) < 4.78 is 5.17. The maximum absolute atomic E-state index is 12.8. The van der Waals surface area contributed by atoms with Crippen molar-refractivity contribution in [3.05, 3.63) is 71.4 Å². The van der Waals surface area contributed by atoms with Crippen molar-refractivity contribution in [1.82, 2.24) is 14.9 Å². The number of benzene rings is 2. The van der Waals surface area contributed by atoms with Gasteiger partial charge in [-0.05, 0) is 50.2 Å². The summed E-state index contributed by atoms with van der Waals surface area (Å²) in [7, 11) is 1.62. The number of carbonyl (C=O) groups is 1. The number of ether oxygens (including phenoxy) is 1. The first kappa shape index (κ1) is 20.7. The zero-order chi connectivity index (χ0) is 21.8. The standard InChI is InChI=1S/C24H27N5O2/c1-17-4-8-20(9-5-17)26-22-16-18(2)25-24(27-22)29-14-12-28(13-15-29)23(30)19-6-10-21(31-3)11-7-19/h4-11,16H,12-15H2,1-3H3,(H,25,26,27). The zero-order valence-electron chi connectivity index (χ0n) is 18.1. The molecule has 160 valence electrons. The minimum Gasteiger partial charge on any atom is -0.497 e. The predicted molar refractivity (Wildman–Crippen MR) is 122 cm³/mol. The minimum atomic E-state index is 0.0363. The summed E-state index contributed by atoms with van der Waals surface area (Å²) in [4.78, 5) is 26.1. The van der Waals surface area contributed by atoms with Crippen LogP contribution < -0.4 is 15.0 Å². The number of hydrogen-bond donors (Lipinski definition) is 1. The highest BCUT2D eigenvalue weighted by atomic mass is 16.5. The molecular weight excluding hydrogens is 390 g/mol. The van der Waals surface area contributed by atoms with Gasteiger partial charge in [0.05, 0.1) is 7.11 Å². The summed E-state index contributed by atoms with van der Waals surface area (Å²) in [5.74, 6) is 2.23. The lowest BCUT2D eigenvalue weighted by Crippen LogP contribution is -2.49. The average Bonchev–Trinajstić information content (AvgIpc) is 2.80. The van der Waals surface area contributed by atoms with E-state index in [1.54, 1.807) is 19.2 Å². The van der Waals surface area contributed by atoms with E-state index in [0.29, 0.717) is 37.7 Å². The van der Waals surface area contributed by atoms with Crippen molar-refractivity contribution in [2.75, 3.05) is 43.5 Å². The number of anilines is 3. The van der Waals surface area contributed by atoms with Crippen LogP contribution in [0.2, 0.25) is 0 Å². The van der Waals surface area contributed by atoms with Gasteiger partial charge in [0.25, 0.3) is 5.91 Å². The molecule has 0 spiro atoms. The smallest absolute Gasteiger partial charge is 0.253 e. The fourth-order valence-electron chi connectivity index (χ4n) is 3.57. The van der Waals surface area contributed by atoms with Crippen molar-refractivity contribution in [3.8, 4) is 5.75 Å². The van der Waals surface area contributed by atoms with Crippen LogP contribution in [-0.4, -0.2) is 54.1 Å². The van der Waals surface area contributed by atoms with E-state index in [2.05, 4.69) is 34.3 Å². The topological polar surface area (TPSA) is 70.6 Å². The second-order valence-corrected chi connectivity index (χ2v) is 7.69. The Hall–Kier alpha value is -3.61. The van der Waals surface area contributed by atoms with Gasteiger partial charge in [-0.2, -0.15) is 4.98 Å². The lowest BCUT2D eigenvalue weighted by Gasteiger charge is -2.35. The number of methoxy groups -OCH3 is 1. The van der Waals surface area contributed by atoms with Crippen molar-refractivity contribution >= 4 is 23.4 Å². The summed E-state index contributed by atoms with van der Waals surface area (Å²) in [6.07, 6.45) is 0. The molecule has 1 saturated heterocycles. The molecule has 31 heavy (non-hydrogen) atoms. The van der Waals surface area contributed by atoms with Gasteiger partial charge in [0.1, 0.15) is 11.6 Å². The van der Waals surface area contributed by atoms with Gasteiger partial charge < -0.3 is 19.9 Å². The van der Waals surface area contributed by atoms with Gasteiger partial charge >= 0.3 is 0 Å². The normalized spacial score (nSPS) is 13.8. The highest BCUT2D eigenvalue weighted by Crippen LogP contribution is 2.21. The van der Waals surface area contributed by atoms with Crippen molar-refractivity contribution in [2.45, 2.75) is 13.8 Å². The van der Waals surface area contributed by atoms with Gasteiger partial charge in [0, 0.05) is 49.2 Å². The number of hydrogen-bond acceptors (Lipinski definition) is 6. The molecule has 2 heterocycles. The average molecular weight is 418 g/mol. The summed E-state index contributed by atoms with van der Waals surface area (Å²) in [6.45, 7) is 6.67. The van der Waals surface area contributed by atoms with E-state index in [4.69, 9.17) is 9.72 Å². The third kappa shape index (κ3) is 4.94. The number of amides is 1. The largest absolute Gasteiger partial charge is 0.497 e. The summed E-state index contributed by atoms with van der Waals surface area (Å²) in [5.41, 5.74) is 3.78. The van der Waals surface area contributed by atoms with E-state index in [0.717, 1.165) is 22.9 Å². The molecule has 0 unspecified atom stereocenters. The van der Waals surface area contributed by atoms with Gasteiger partial charge in [-0.25, -0.2) is 4.98 Å². The number of aryl methyl sites for hydroxylation is 2. The fourth-order valence-corrected chi connectivity index (χ4v) is 3.57. The first-order chi connectivity index (χ1) is 15.0. The molecule has 1 fully saturated rings. The lowest BCUT2D eigenvalue weighted by molar-refractivity contribution is 0.0746. The first-order valence-corrected chi connectivity index (χ1v) is 10.4. The molecule has 3 aromatic rings. The number of nitrogens with one attached hydrogen (secondary N) is 1. The fraction of sp³-hybridized carbons (Fsp3) is 0.292. The predicted octanol–water partition coefficient (Wildman–Crippen LogP) is 3.81. The first-order valence-electron chi connectivity index (χ1n) is 10.4. The SMILES string of the molecule is COc1ccc(C(=O)N2CCN(c3nc(C)cc(Nc4ccc(C)cc4)n3)CC2)cc1. The van der Waals surface area contributed by atoms with E-state index in [1.807, 2.05) is 42.2 Å². The molecule has 1 amide bonds. The van der Waals surface area contributed by atoms with Crippen LogP contribution in [0.4, 0.5) is 17.5 Å². The molecule has 4 rings (SSSR count). The molecule has 0 atom stereocenters. The van der Waals surface area contributed by atoms with Crippen molar-refractivity contribution in [1.29, 1.82) is 0 Å². The quantitative estimate of drug-likeness (QED) is 0.681. The maximum atomic E-state index is 12.8. The maximum Gasteiger partial charge on any atom is 0.253 e. The number of nitrogens with zero attached hydrogens (tertiary/aromatic N) is 4. The van der Waals surface area contributed by atoms with Gasteiger partial charge in [0.2, 0.25) is 5.95 Å². The Bertz CT molecular complexity index is 1040. The van der Waals surface area contributed by atoms with Gasteiger partial charge in [0.15, 0.2) is 0 Å². The van der Waals surface area contributed by atoms with E-state index >= 15 is 0 Å². The highest BCUT2D eigenvalue weighted by molar-refractivity contribution is 5.94. The summed E-state index contributed by atoms with van der Waals surface area (Å²) >= 11 is 0. The van der Waals surface area contributed by atoms with E-state index in [1.165, 1.54) is 5.56 Å². The molecule has 1 aliphatic rings. The lowest BCUT2D eigenvalue weighted by atomic mass is 10.1. The number of aromatic nitrogens is 2. The van der Waals surface area contributed by atoms with E-state index in [9.17, 15) is 4.79 Å². The zero-order valence-corrected chi connectivity index (χ0v) is 18.1. The minimum absolute atomic E-state index is 0.0363. The van der Waals surface area contributed by atoms with Crippen molar-refractivity contribution in [3.63, 3.8) is 0 Å². The molecule has 7 nitrogen and oxygen atoms in total. The van der Waals surface area contributed by atoms with Crippen LogP contribution in [0.3, 0.4) is 0 Å². The third-order valence-electron chi connectivity index (χ3n) is 5.35. The summed E-state index contributed by atoms with van der Waals surface area (Å²) in [6, 6.07) is 17.4. The van der Waals surface area contributed by atoms with Gasteiger partial charge in [-0.1, -0.05) is 17.7 Å². The van der Waals surface area contributed by atoms with Gasteiger partial charge in [-0.3, -0.25) is 4.79 Å². The Morgan fingerprint density at radius 1 is 0.935 bits per heavy atom. The van der Waals surface area contributed by atoms with Crippen LogP contribution >= 0.6 is 0 Å². The second-order valence-electron chi connectivity index (χ2n) is 7.69. The third-order valence-corrected chi connectivity index (χ3v) is 5.35. The molecule has 1 aliphatic heterocycles. The monoisotopic (exact) mass is 417 g/mol. The van der Waals surface area contributed by atoms with Crippen LogP contribution in [0, 0.1) is 13.8 Å². The van der Waals surface area contributed by atoms with E-state index < -0.39 is 0 Å². The Balaban J connectivity index is 1.41. The molecule has 1 aromatic heterocycles. The Labute approximate surface area is 182 Å². The Morgan fingerprint density at radius 2 is 1.61 bits per heavy atom. The summed E-state index contributed by atoms with van der Waals surface area (Å²) in [5, 5.41) is 3.36. The van der Waals surface area contributed by atoms with Crippen LogP contribution in [0.25, 0.3) is 0 Å². The Morgan fingerprint density at radius 3 is 2.26 bits per heavy atom. The number of rotatable bonds is 5. The van der Waals surface area contributed by atoms with Crippen LogP contribution in [0.5, 0.6) is 5.75 Å². The number of piperazine rings is 1. The van der Waals surface area contributed by atoms with Crippen molar-refractivity contribution < 1.29 is 9.53 Å². The molecule has 0 radical (unpaired) electrons. The molecule has 7 heteroatoms. The Kier molecular flexibility index (Phi) is 6.02. The molecule has 0 bridgehead atoms. The van der Waals surface area contributed by atoms with Gasteiger partial charge in [-0.15, -0.1) is 0 Å². The molecule has 2 aromatic carbocycles. The molecule has 0 aliphatic carbocycles. The molecule has 1 N–H and O–H groups in total. The van der Waals surface area contributed by atoms with Crippen molar-refractivity contribution in [2.24, 2.45) is 0 Å². The van der Waals surface area contributed by atoms with Crippen LogP contribution in [0.1, 0.15) is 21.6 Å². The molecule has 0 saturated carbocycles. The van der Waals surface area contributed by atoms with E-state index in [-0.39, 0.29) is 5.91 Å². The molecular formula is C24H27N5O2. The van der Waals surface area contributed by atoms with Crippen LogP contribution in [0.15, 0.2) is 54.6 Å². The highest BCUT2D eigenvalue weighted by Gasteiger charge is 2.24. The second kappa shape index (κ2) is 9.04.